The molecular formula is C13H9FNO3S2-. The molecule has 1 saturated heterocycles. The average molecular weight is 310 g/mol. The van der Waals surface area contributed by atoms with Crippen LogP contribution in [-0.4, -0.2) is 27.1 Å². The van der Waals surface area contributed by atoms with Crippen LogP contribution in [-0.2, 0) is 9.59 Å². The van der Waals surface area contributed by atoms with Crippen LogP contribution >= 0.6 is 24.0 Å². The molecule has 0 aromatic heterocycles. The van der Waals surface area contributed by atoms with E-state index in [4.69, 9.17) is 12.2 Å². The SMILES string of the molecule is C[C@@H](C(=O)[O-])N1C(=O)/C(=C/c2ccc(F)cc2)SC1=S. The van der Waals surface area contributed by atoms with Gasteiger partial charge in [-0.2, -0.15) is 0 Å². The molecule has 0 bridgehead atoms. The lowest BCUT2D eigenvalue weighted by Gasteiger charge is -2.23. The highest BCUT2D eigenvalue weighted by Gasteiger charge is 2.35. The first kappa shape index (κ1) is 14.7. The number of thiocarbonyl (C=S) groups is 1. The lowest BCUT2D eigenvalue weighted by Crippen LogP contribution is -2.48. The molecule has 7 heteroatoms. The molecule has 1 atom stereocenters. The van der Waals surface area contributed by atoms with Gasteiger partial charge in [0.2, 0.25) is 0 Å². The fraction of sp³-hybridized carbons (Fsp3) is 0.154. The van der Waals surface area contributed by atoms with Crippen molar-refractivity contribution in [1.29, 1.82) is 0 Å². The van der Waals surface area contributed by atoms with Crippen molar-refractivity contribution in [2.75, 3.05) is 0 Å². The van der Waals surface area contributed by atoms with Crippen molar-refractivity contribution in [3.8, 4) is 0 Å². The van der Waals surface area contributed by atoms with Crippen molar-refractivity contribution in [1.82, 2.24) is 4.90 Å². The minimum atomic E-state index is -1.37. The third-order valence-corrected chi connectivity index (χ3v) is 4.05. The Hall–Kier alpha value is -1.73. The molecule has 1 heterocycles. The number of thioether (sulfide) groups is 1. The van der Waals surface area contributed by atoms with Gasteiger partial charge in [-0.1, -0.05) is 36.1 Å². The zero-order chi connectivity index (χ0) is 14.9. The van der Waals surface area contributed by atoms with Crippen LogP contribution in [0.3, 0.4) is 0 Å². The molecule has 0 unspecified atom stereocenters. The van der Waals surface area contributed by atoms with E-state index < -0.39 is 17.9 Å². The Balaban J connectivity index is 2.28. The molecule has 1 aromatic rings. The first-order valence-electron chi connectivity index (χ1n) is 5.63. The van der Waals surface area contributed by atoms with Crippen molar-refractivity contribution in [3.63, 3.8) is 0 Å². The summed E-state index contributed by atoms with van der Waals surface area (Å²) in [5.74, 6) is -2.23. The average Bonchev–Trinajstić information content (AvgIpc) is 2.66. The third-order valence-electron chi connectivity index (χ3n) is 2.72. The second kappa shape index (κ2) is 5.72. The van der Waals surface area contributed by atoms with Gasteiger partial charge in [-0.15, -0.1) is 0 Å². The second-order valence-corrected chi connectivity index (χ2v) is 5.77. The maximum absolute atomic E-state index is 12.8. The van der Waals surface area contributed by atoms with Crippen molar-refractivity contribution in [2.24, 2.45) is 0 Å². The summed E-state index contributed by atoms with van der Waals surface area (Å²) in [4.78, 5) is 24.3. The Morgan fingerprint density at radius 2 is 2.05 bits per heavy atom. The van der Waals surface area contributed by atoms with Gasteiger partial charge in [0.05, 0.1) is 16.9 Å². The molecule has 0 aliphatic carbocycles. The minimum Gasteiger partial charge on any atom is -0.548 e. The van der Waals surface area contributed by atoms with Crippen molar-refractivity contribution >= 4 is 46.3 Å². The van der Waals surface area contributed by atoms with E-state index in [0.29, 0.717) is 10.5 Å². The van der Waals surface area contributed by atoms with Gasteiger partial charge in [-0.05, 0) is 30.7 Å². The van der Waals surface area contributed by atoms with Gasteiger partial charge in [0, 0.05) is 0 Å². The number of benzene rings is 1. The molecule has 1 aliphatic rings. The fourth-order valence-corrected chi connectivity index (χ4v) is 3.05. The number of carboxylic acid groups (broad SMARTS) is 1. The summed E-state index contributed by atoms with van der Waals surface area (Å²) >= 11 is 6.01. The first-order valence-corrected chi connectivity index (χ1v) is 6.86. The molecule has 1 aromatic carbocycles. The summed E-state index contributed by atoms with van der Waals surface area (Å²) in [6, 6.07) is 4.46. The van der Waals surface area contributed by atoms with E-state index in [9.17, 15) is 19.1 Å². The highest BCUT2D eigenvalue weighted by molar-refractivity contribution is 8.26. The Morgan fingerprint density at radius 3 is 2.60 bits per heavy atom. The minimum absolute atomic E-state index is 0.167. The van der Waals surface area contributed by atoms with E-state index in [1.54, 1.807) is 6.08 Å². The first-order chi connectivity index (χ1) is 9.40. The number of hydrogen-bond donors (Lipinski definition) is 0. The second-order valence-electron chi connectivity index (χ2n) is 4.10. The maximum Gasteiger partial charge on any atom is 0.266 e. The number of carboxylic acids is 1. The van der Waals surface area contributed by atoms with Crippen LogP contribution < -0.4 is 5.11 Å². The Bertz CT molecular complexity index is 613. The molecule has 4 nitrogen and oxygen atoms in total. The quantitative estimate of drug-likeness (QED) is 0.619. The van der Waals surface area contributed by atoms with Crippen LogP contribution in [0.4, 0.5) is 4.39 Å². The van der Waals surface area contributed by atoms with Crippen molar-refractivity contribution in [3.05, 3.63) is 40.6 Å². The predicted octanol–water partition coefficient (Wildman–Crippen LogP) is 1.17. The smallest absolute Gasteiger partial charge is 0.266 e. The topological polar surface area (TPSA) is 60.4 Å². The van der Waals surface area contributed by atoms with Gasteiger partial charge >= 0.3 is 0 Å². The lowest BCUT2D eigenvalue weighted by molar-refractivity contribution is -0.309. The maximum atomic E-state index is 12.8. The van der Waals surface area contributed by atoms with E-state index >= 15 is 0 Å². The summed E-state index contributed by atoms with van der Waals surface area (Å²) in [6.45, 7) is 1.33. The van der Waals surface area contributed by atoms with Crippen LogP contribution in [0.15, 0.2) is 29.2 Å². The molecule has 0 N–H and O–H groups in total. The summed E-state index contributed by atoms with van der Waals surface area (Å²) < 4.78 is 13.0. The molecule has 1 amide bonds. The molecule has 20 heavy (non-hydrogen) atoms. The van der Waals surface area contributed by atoms with E-state index in [1.165, 1.54) is 31.2 Å². The zero-order valence-corrected chi connectivity index (χ0v) is 12.0. The van der Waals surface area contributed by atoms with Gasteiger partial charge in [0.15, 0.2) is 0 Å². The summed E-state index contributed by atoms with van der Waals surface area (Å²) in [5.41, 5.74) is 0.632. The standard InChI is InChI=1S/C13H10FNO3S2/c1-7(12(17)18)15-11(16)10(20-13(15)19)6-8-2-4-9(14)5-3-8/h2-7H,1H3,(H,17,18)/p-1/b10-6-/t7-/m0/s1. The van der Waals surface area contributed by atoms with Gasteiger partial charge in [0.1, 0.15) is 10.1 Å². The van der Waals surface area contributed by atoms with Crippen LogP contribution in [0, 0.1) is 5.82 Å². The number of amides is 1. The summed E-state index contributed by atoms with van der Waals surface area (Å²) in [6.07, 6.45) is 1.54. The normalized spacial score (nSPS) is 18.7. The molecule has 0 spiro atoms. The highest BCUT2D eigenvalue weighted by atomic mass is 32.2. The highest BCUT2D eigenvalue weighted by Crippen LogP contribution is 2.33. The summed E-state index contributed by atoms with van der Waals surface area (Å²) in [5, 5.41) is 10.8. The number of carbonyl (C=O) groups excluding carboxylic acids is 2. The fourth-order valence-electron chi connectivity index (χ4n) is 1.63. The Morgan fingerprint density at radius 1 is 1.45 bits per heavy atom. The molecule has 0 saturated carbocycles. The van der Waals surface area contributed by atoms with Crippen molar-refractivity contribution < 1.29 is 19.1 Å². The molecule has 1 aliphatic heterocycles. The summed E-state index contributed by atoms with van der Waals surface area (Å²) in [7, 11) is 0. The van der Waals surface area contributed by atoms with Crippen LogP contribution in [0.2, 0.25) is 0 Å². The van der Waals surface area contributed by atoms with Gasteiger partial charge in [-0.25, -0.2) is 4.39 Å². The largest absolute Gasteiger partial charge is 0.548 e. The number of rotatable bonds is 3. The predicted molar refractivity (Wildman–Crippen MR) is 75.9 cm³/mol. The molecule has 2 rings (SSSR count). The number of hydrogen-bond acceptors (Lipinski definition) is 5. The third kappa shape index (κ3) is 2.88. The van der Waals surface area contributed by atoms with Gasteiger partial charge in [-0.3, -0.25) is 9.69 Å². The van der Waals surface area contributed by atoms with E-state index in [0.717, 1.165) is 16.7 Å². The van der Waals surface area contributed by atoms with Crippen LogP contribution in [0.1, 0.15) is 12.5 Å². The Labute approximate surface area is 124 Å². The van der Waals surface area contributed by atoms with Gasteiger partial charge in [0.25, 0.3) is 5.91 Å². The molecular weight excluding hydrogens is 301 g/mol. The van der Waals surface area contributed by atoms with E-state index in [-0.39, 0.29) is 10.1 Å². The molecule has 0 radical (unpaired) electrons. The number of nitrogens with zero attached hydrogens (tertiary/aromatic N) is 1. The lowest BCUT2D eigenvalue weighted by atomic mass is 10.2. The number of aliphatic carboxylic acids is 1. The Kier molecular flexibility index (Phi) is 4.20. The van der Waals surface area contributed by atoms with Crippen molar-refractivity contribution in [2.45, 2.75) is 13.0 Å². The van der Waals surface area contributed by atoms with Crippen LogP contribution in [0.5, 0.6) is 0 Å². The molecule has 1 fully saturated rings. The van der Waals surface area contributed by atoms with E-state index in [1.807, 2.05) is 0 Å². The zero-order valence-electron chi connectivity index (χ0n) is 10.3. The number of halogens is 1. The monoisotopic (exact) mass is 310 g/mol. The van der Waals surface area contributed by atoms with E-state index in [2.05, 4.69) is 0 Å². The van der Waals surface area contributed by atoms with Gasteiger partial charge < -0.3 is 9.90 Å². The number of carbonyl (C=O) groups is 2. The molecule has 104 valence electrons. The van der Waals surface area contributed by atoms with Crippen LogP contribution in [0.25, 0.3) is 6.08 Å².